The quantitative estimate of drug-likeness (QED) is 0.350. The van der Waals surface area contributed by atoms with Crippen molar-refractivity contribution in [2.75, 3.05) is 28.3 Å². The van der Waals surface area contributed by atoms with E-state index >= 15 is 0 Å². The largest absolute Gasteiger partial charge is 0.488 e. The van der Waals surface area contributed by atoms with Crippen LogP contribution < -0.4 is 0 Å². The van der Waals surface area contributed by atoms with Crippen molar-refractivity contribution in [1.82, 2.24) is 4.90 Å². The Kier molecular flexibility index (Phi) is 13.2. The number of carbonyl (C=O) groups is 2. The highest BCUT2D eigenvalue weighted by molar-refractivity contribution is 5.92. The zero-order valence-corrected chi connectivity index (χ0v) is 33.3. The Morgan fingerprint density at radius 3 is 2.18 bits per heavy atom. The van der Waals surface area contributed by atoms with Gasteiger partial charge >= 0.3 is 5.97 Å². The molecule has 0 saturated carbocycles. The zero-order chi connectivity index (χ0) is 38.4. The smallest absolute Gasteiger partial charge is 0.311 e. The Balaban J connectivity index is 1.86. The highest BCUT2D eigenvalue weighted by atomic mass is 16.7. The number of hydrogen-bond acceptors (Lipinski definition) is 13. The summed E-state index contributed by atoms with van der Waals surface area (Å²) in [5, 5.41) is 22.5. The first kappa shape index (κ1) is 42.1. The number of carbonyl (C=O) groups excluding carboxylic acids is 2. The van der Waals surface area contributed by atoms with Gasteiger partial charge in [-0.1, -0.05) is 13.8 Å². The van der Waals surface area contributed by atoms with E-state index in [1.165, 1.54) is 14.2 Å². The molecule has 0 amide bonds. The lowest BCUT2D eigenvalue weighted by Crippen LogP contribution is -2.60. The molecule has 16 unspecified atom stereocenters. The van der Waals surface area contributed by atoms with Gasteiger partial charge in [0.05, 0.1) is 35.7 Å². The number of aliphatic hydroxyl groups is 2. The van der Waals surface area contributed by atoms with Crippen LogP contribution in [0.15, 0.2) is 11.3 Å². The minimum absolute atomic E-state index is 0.182. The molecule has 16 atom stereocenters. The van der Waals surface area contributed by atoms with Crippen LogP contribution in [0.4, 0.5) is 0 Å². The summed E-state index contributed by atoms with van der Waals surface area (Å²) >= 11 is 0. The van der Waals surface area contributed by atoms with E-state index in [0.29, 0.717) is 25.0 Å². The molecule has 51 heavy (non-hydrogen) atoms. The molecule has 4 heterocycles. The molecule has 3 fully saturated rings. The standard InChI is InChI=1S/C38H65NO12/c1-15-26-38(10,45-14)31(41)21(4)29-19(2)17-37(9,51-29)33(50-35-28(40)25(39(11)12)16-20(3)46-35)22(5)30(23(6)34(43)48-26)49-27-18-36(8,44-13)32(42)24(7)47-27/h20-28,30,32-33,35,40,42H,15-18H2,1-14H3. The van der Waals surface area contributed by atoms with Crippen LogP contribution in [0.2, 0.25) is 0 Å². The fourth-order valence-electron chi connectivity index (χ4n) is 8.77. The van der Waals surface area contributed by atoms with Crippen LogP contribution in [-0.4, -0.2) is 133 Å². The third kappa shape index (κ3) is 8.07. The molecule has 3 saturated heterocycles. The van der Waals surface area contributed by atoms with Crippen molar-refractivity contribution in [3.05, 3.63) is 11.3 Å². The molecule has 0 radical (unpaired) electrons. The highest BCUT2D eigenvalue weighted by Crippen LogP contribution is 2.47. The van der Waals surface area contributed by atoms with E-state index in [1.54, 1.807) is 34.6 Å². The number of esters is 1. The maximum atomic E-state index is 14.3. The average Bonchev–Trinajstić information content (AvgIpc) is 3.40. The van der Waals surface area contributed by atoms with E-state index < -0.39 is 89.7 Å². The molecule has 0 aliphatic carbocycles. The molecule has 0 aromatic heterocycles. The monoisotopic (exact) mass is 727 g/mol. The second-order valence-electron chi connectivity index (χ2n) is 16.3. The molecule has 4 aliphatic heterocycles. The van der Waals surface area contributed by atoms with Crippen molar-refractivity contribution in [3.8, 4) is 0 Å². The Bertz CT molecular complexity index is 1280. The number of cyclic esters (lactones) is 1. The number of aliphatic hydroxyl groups excluding tert-OH is 2. The van der Waals surface area contributed by atoms with Gasteiger partial charge in [0.25, 0.3) is 0 Å². The van der Waals surface area contributed by atoms with Crippen molar-refractivity contribution < 1.29 is 57.7 Å². The van der Waals surface area contributed by atoms with Gasteiger partial charge in [0.1, 0.15) is 35.8 Å². The summed E-state index contributed by atoms with van der Waals surface area (Å²) in [4.78, 5) is 30.5. The van der Waals surface area contributed by atoms with Gasteiger partial charge < -0.3 is 53.0 Å². The lowest BCUT2D eigenvalue weighted by Gasteiger charge is -2.48. The SMILES string of the molecule is CCC1OC(=O)C(C)C(OC2CC(C)(OC)C(O)C(C)O2)C(C)C(OC2OC(C)CC(N(C)C)C2O)C2(C)CC(C)=C(O2)C(C)C(=O)C1(C)OC. The highest BCUT2D eigenvalue weighted by Gasteiger charge is 2.56. The fourth-order valence-corrected chi connectivity index (χ4v) is 8.77. The van der Waals surface area contributed by atoms with Gasteiger partial charge in [0, 0.05) is 39.0 Å². The Hall–Kier alpha value is -1.68. The number of ether oxygens (including phenoxy) is 8. The predicted octanol–water partition coefficient (Wildman–Crippen LogP) is 3.75. The van der Waals surface area contributed by atoms with Gasteiger partial charge in [0.2, 0.25) is 0 Å². The predicted molar refractivity (Wildman–Crippen MR) is 187 cm³/mol. The summed E-state index contributed by atoms with van der Waals surface area (Å²) < 4.78 is 50.8. The van der Waals surface area contributed by atoms with Crippen LogP contribution in [0.1, 0.15) is 94.9 Å². The van der Waals surface area contributed by atoms with Gasteiger partial charge in [-0.15, -0.1) is 0 Å². The summed E-state index contributed by atoms with van der Waals surface area (Å²) in [5.41, 5.74) is -2.65. The number of fused-ring (bicyclic) bond motifs is 2. The van der Waals surface area contributed by atoms with Gasteiger partial charge in [-0.3, -0.25) is 9.59 Å². The van der Waals surface area contributed by atoms with Crippen molar-refractivity contribution in [2.45, 2.75) is 173 Å². The minimum atomic E-state index is -1.47. The summed E-state index contributed by atoms with van der Waals surface area (Å²) in [6.45, 7) is 18.3. The first-order chi connectivity index (χ1) is 23.7. The van der Waals surface area contributed by atoms with E-state index in [1.807, 2.05) is 53.6 Å². The first-order valence-corrected chi connectivity index (χ1v) is 18.6. The third-order valence-electron chi connectivity index (χ3n) is 12.1. The summed E-state index contributed by atoms with van der Waals surface area (Å²) in [5.74, 6) is -2.58. The van der Waals surface area contributed by atoms with Gasteiger partial charge in [-0.25, -0.2) is 0 Å². The number of allylic oxidation sites excluding steroid dienone is 1. The number of ketones is 1. The van der Waals surface area contributed by atoms with E-state index in [4.69, 9.17) is 37.9 Å². The lowest BCUT2D eigenvalue weighted by molar-refractivity contribution is -0.316. The molecule has 0 spiro atoms. The van der Waals surface area contributed by atoms with Crippen LogP contribution in [0.3, 0.4) is 0 Å². The molecule has 0 aromatic rings. The number of hydrogen-bond donors (Lipinski definition) is 2. The number of methoxy groups -OCH3 is 2. The summed E-state index contributed by atoms with van der Waals surface area (Å²) in [7, 11) is 6.80. The Morgan fingerprint density at radius 1 is 0.961 bits per heavy atom. The van der Waals surface area contributed by atoms with E-state index in [2.05, 4.69) is 0 Å². The molecule has 4 rings (SSSR count). The number of rotatable bonds is 8. The van der Waals surface area contributed by atoms with Crippen LogP contribution in [0.5, 0.6) is 0 Å². The second kappa shape index (κ2) is 16.0. The molecule has 13 heteroatoms. The van der Waals surface area contributed by atoms with E-state index in [9.17, 15) is 19.8 Å². The van der Waals surface area contributed by atoms with Crippen molar-refractivity contribution >= 4 is 11.8 Å². The van der Waals surface area contributed by atoms with Crippen LogP contribution >= 0.6 is 0 Å². The molecule has 294 valence electrons. The summed E-state index contributed by atoms with van der Waals surface area (Å²) in [6, 6.07) is -0.233. The number of likely N-dealkylation sites (N-methyl/N-ethyl adjacent to an activating group) is 1. The Labute approximate surface area is 304 Å². The molecule has 4 aliphatic rings. The van der Waals surface area contributed by atoms with Gasteiger partial charge in [0.15, 0.2) is 24.0 Å². The molecular formula is C38H65NO12. The minimum Gasteiger partial charge on any atom is -0.488 e. The lowest BCUT2D eigenvalue weighted by atomic mass is 9.79. The van der Waals surface area contributed by atoms with Crippen LogP contribution in [0, 0.1) is 17.8 Å². The van der Waals surface area contributed by atoms with E-state index in [-0.39, 0.29) is 24.3 Å². The van der Waals surface area contributed by atoms with Gasteiger partial charge in [-0.2, -0.15) is 0 Å². The van der Waals surface area contributed by atoms with Gasteiger partial charge in [-0.05, 0) is 87.9 Å². The molecule has 0 aromatic carbocycles. The maximum Gasteiger partial charge on any atom is 0.311 e. The normalized spacial score (nSPS) is 47.4. The number of nitrogens with zero attached hydrogens (tertiary/aromatic N) is 1. The van der Waals surface area contributed by atoms with Crippen LogP contribution in [-0.2, 0) is 47.5 Å². The summed E-state index contributed by atoms with van der Waals surface area (Å²) in [6.07, 6.45) is -5.78. The van der Waals surface area contributed by atoms with Crippen LogP contribution in [0.25, 0.3) is 0 Å². The third-order valence-corrected chi connectivity index (χ3v) is 12.1. The molecule has 2 N–H and O–H groups in total. The van der Waals surface area contributed by atoms with Crippen molar-refractivity contribution in [3.63, 3.8) is 0 Å². The maximum absolute atomic E-state index is 14.3. The average molecular weight is 728 g/mol. The van der Waals surface area contributed by atoms with Crippen molar-refractivity contribution in [1.29, 1.82) is 0 Å². The first-order valence-electron chi connectivity index (χ1n) is 18.6. The topological polar surface area (TPSA) is 152 Å². The molecular weight excluding hydrogens is 662 g/mol. The molecule has 13 nitrogen and oxygen atoms in total. The molecule has 2 bridgehead atoms. The fraction of sp³-hybridized carbons (Fsp3) is 0.895. The Morgan fingerprint density at radius 2 is 1.61 bits per heavy atom. The van der Waals surface area contributed by atoms with Crippen molar-refractivity contribution in [2.24, 2.45) is 17.8 Å². The van der Waals surface area contributed by atoms with E-state index in [0.717, 1.165) is 5.57 Å². The number of Topliss-reactive ketones (excluding diaryl/α,β-unsaturated/α-hetero) is 1. The zero-order valence-electron chi connectivity index (χ0n) is 33.3. The second-order valence-corrected chi connectivity index (χ2v) is 16.3.